The van der Waals surface area contributed by atoms with E-state index in [-0.39, 0.29) is 11.8 Å². The lowest BCUT2D eigenvalue weighted by Gasteiger charge is -2.29. The molecule has 0 N–H and O–H groups in total. The van der Waals surface area contributed by atoms with Crippen molar-refractivity contribution in [2.45, 2.75) is 12.3 Å². The molecule has 3 aromatic carbocycles. The second kappa shape index (κ2) is 6.19. The quantitative estimate of drug-likeness (QED) is 0.524. The summed E-state index contributed by atoms with van der Waals surface area (Å²) in [6.45, 7) is 1.90. The third kappa shape index (κ3) is 2.20. The van der Waals surface area contributed by atoms with E-state index >= 15 is 0 Å². The zero-order chi connectivity index (χ0) is 20.4. The monoisotopic (exact) mass is 421 g/mol. The minimum absolute atomic E-state index is 0.205. The minimum atomic E-state index is -0.862. The highest BCUT2D eigenvalue weighted by Gasteiger charge is 2.86. The largest absolute Gasteiger partial charge is 0.274 e. The number of fused-ring (bicyclic) bond motifs is 1. The van der Waals surface area contributed by atoms with Crippen LogP contribution in [0.4, 0.5) is 5.69 Å². The van der Waals surface area contributed by atoms with Gasteiger partial charge in [0.15, 0.2) is 0 Å². The third-order valence-electron chi connectivity index (χ3n) is 6.48. The van der Waals surface area contributed by atoms with Crippen molar-refractivity contribution in [3.05, 3.63) is 100 Å². The first kappa shape index (κ1) is 18.4. The first-order valence-corrected chi connectivity index (χ1v) is 10.1. The lowest BCUT2D eigenvalue weighted by atomic mass is 9.79. The Bertz CT molecular complexity index is 1110. The molecule has 1 saturated carbocycles. The van der Waals surface area contributed by atoms with Gasteiger partial charge < -0.3 is 0 Å². The Morgan fingerprint density at radius 2 is 1.34 bits per heavy atom. The molecule has 0 unspecified atom stereocenters. The Morgan fingerprint density at radius 1 is 0.793 bits per heavy atom. The van der Waals surface area contributed by atoms with Crippen LogP contribution in [0.1, 0.15) is 18.1 Å². The number of amides is 2. The SMILES string of the molecule is C[C@@]12C(=O)N(c3ccc(Cl)c(Cl)c3)C(=O)[C@@H]1C2(c1ccccc1)c1ccccc1. The Balaban J connectivity index is 1.67. The molecule has 2 aliphatic rings. The van der Waals surface area contributed by atoms with Gasteiger partial charge in [-0.15, -0.1) is 0 Å². The van der Waals surface area contributed by atoms with Crippen LogP contribution < -0.4 is 4.90 Å². The summed E-state index contributed by atoms with van der Waals surface area (Å²) in [4.78, 5) is 28.5. The summed E-state index contributed by atoms with van der Waals surface area (Å²) in [5.74, 6) is -0.885. The molecule has 2 amide bonds. The van der Waals surface area contributed by atoms with E-state index in [9.17, 15) is 9.59 Å². The molecule has 1 aliphatic heterocycles. The van der Waals surface area contributed by atoms with Crippen LogP contribution in [0.3, 0.4) is 0 Å². The number of imide groups is 1. The van der Waals surface area contributed by atoms with E-state index in [4.69, 9.17) is 23.2 Å². The van der Waals surface area contributed by atoms with Gasteiger partial charge >= 0.3 is 0 Å². The third-order valence-corrected chi connectivity index (χ3v) is 7.22. The van der Waals surface area contributed by atoms with Gasteiger partial charge in [0.1, 0.15) is 0 Å². The highest BCUT2D eigenvalue weighted by Crippen LogP contribution is 2.76. The normalized spacial score (nSPS) is 24.5. The van der Waals surface area contributed by atoms with E-state index in [2.05, 4.69) is 0 Å². The highest BCUT2D eigenvalue weighted by molar-refractivity contribution is 6.42. The van der Waals surface area contributed by atoms with Gasteiger partial charge in [-0.2, -0.15) is 0 Å². The molecule has 5 rings (SSSR count). The van der Waals surface area contributed by atoms with Gasteiger partial charge in [-0.3, -0.25) is 9.59 Å². The van der Waals surface area contributed by atoms with E-state index in [0.717, 1.165) is 11.1 Å². The summed E-state index contributed by atoms with van der Waals surface area (Å²) in [5, 5.41) is 0.696. The number of benzene rings is 3. The van der Waals surface area contributed by atoms with Crippen molar-refractivity contribution in [3.63, 3.8) is 0 Å². The van der Waals surface area contributed by atoms with E-state index in [1.807, 2.05) is 67.6 Å². The molecule has 0 aromatic heterocycles. The van der Waals surface area contributed by atoms with Gasteiger partial charge in [0.2, 0.25) is 11.8 Å². The van der Waals surface area contributed by atoms with Gasteiger partial charge in [0.05, 0.1) is 27.1 Å². The van der Waals surface area contributed by atoms with Crippen molar-refractivity contribution in [1.29, 1.82) is 0 Å². The van der Waals surface area contributed by atoms with Crippen LogP contribution in [0.5, 0.6) is 0 Å². The first-order chi connectivity index (χ1) is 13.9. The molecule has 2 atom stereocenters. The van der Waals surface area contributed by atoms with Crippen LogP contribution in [-0.4, -0.2) is 11.8 Å². The van der Waals surface area contributed by atoms with Gasteiger partial charge in [-0.25, -0.2) is 4.90 Å². The number of carbonyl (C=O) groups is 2. The second-order valence-corrected chi connectivity index (χ2v) is 8.57. The van der Waals surface area contributed by atoms with Crippen LogP contribution in [0.25, 0.3) is 0 Å². The molecule has 0 radical (unpaired) electrons. The molecule has 3 nitrogen and oxygen atoms in total. The summed E-state index contributed by atoms with van der Waals surface area (Å²) < 4.78 is 0. The van der Waals surface area contributed by atoms with Crippen molar-refractivity contribution in [3.8, 4) is 0 Å². The van der Waals surface area contributed by atoms with E-state index < -0.39 is 16.7 Å². The van der Waals surface area contributed by atoms with Crippen molar-refractivity contribution >= 4 is 40.7 Å². The van der Waals surface area contributed by atoms with Crippen molar-refractivity contribution in [2.24, 2.45) is 11.3 Å². The Labute approximate surface area is 178 Å². The lowest BCUT2D eigenvalue weighted by molar-refractivity contribution is -0.125. The van der Waals surface area contributed by atoms with Gasteiger partial charge in [0, 0.05) is 5.41 Å². The summed E-state index contributed by atoms with van der Waals surface area (Å²) >= 11 is 12.1. The molecule has 1 heterocycles. The average molecular weight is 422 g/mol. The maximum Gasteiger partial charge on any atom is 0.241 e. The zero-order valence-corrected chi connectivity index (χ0v) is 17.1. The fourth-order valence-electron chi connectivity index (χ4n) is 5.18. The van der Waals surface area contributed by atoms with Crippen molar-refractivity contribution < 1.29 is 9.59 Å². The number of anilines is 1. The predicted octanol–water partition coefficient (Wildman–Crippen LogP) is 5.49. The number of rotatable bonds is 3. The Morgan fingerprint density at radius 3 is 1.79 bits per heavy atom. The molecule has 144 valence electrons. The maximum atomic E-state index is 13.7. The smallest absolute Gasteiger partial charge is 0.241 e. The van der Waals surface area contributed by atoms with Crippen molar-refractivity contribution in [2.75, 3.05) is 4.90 Å². The van der Waals surface area contributed by atoms with Gasteiger partial charge in [-0.05, 0) is 36.2 Å². The average Bonchev–Trinajstić information content (AvgIpc) is 3.27. The van der Waals surface area contributed by atoms with Crippen LogP contribution in [-0.2, 0) is 15.0 Å². The molecule has 2 fully saturated rings. The van der Waals surface area contributed by atoms with Crippen molar-refractivity contribution in [1.82, 2.24) is 0 Å². The number of nitrogens with zero attached hydrogens (tertiary/aromatic N) is 1. The summed E-state index contributed by atoms with van der Waals surface area (Å²) in [6, 6.07) is 24.5. The number of carbonyl (C=O) groups excluding carboxylic acids is 2. The van der Waals surface area contributed by atoms with Crippen LogP contribution in [0, 0.1) is 11.3 Å². The summed E-state index contributed by atoms with van der Waals surface area (Å²) in [5.41, 5.74) is 0.885. The molecule has 0 bridgehead atoms. The molecule has 29 heavy (non-hydrogen) atoms. The molecular weight excluding hydrogens is 405 g/mol. The number of piperidine rings is 1. The second-order valence-electron chi connectivity index (χ2n) is 7.75. The first-order valence-electron chi connectivity index (χ1n) is 9.38. The molecular formula is C24H17Cl2NO2. The summed E-state index contributed by atoms with van der Waals surface area (Å²) in [7, 11) is 0. The van der Waals surface area contributed by atoms with E-state index in [1.54, 1.807) is 18.2 Å². The zero-order valence-electron chi connectivity index (χ0n) is 15.6. The fourth-order valence-corrected chi connectivity index (χ4v) is 5.47. The molecule has 1 aliphatic carbocycles. The fraction of sp³-hybridized carbons (Fsp3) is 0.167. The Kier molecular flexibility index (Phi) is 3.93. The number of halogens is 2. The predicted molar refractivity (Wildman–Crippen MR) is 114 cm³/mol. The highest BCUT2D eigenvalue weighted by atomic mass is 35.5. The maximum absolute atomic E-state index is 13.7. The molecule has 3 aromatic rings. The number of hydrogen-bond acceptors (Lipinski definition) is 2. The van der Waals surface area contributed by atoms with Crippen LogP contribution in [0.15, 0.2) is 78.9 Å². The minimum Gasteiger partial charge on any atom is -0.274 e. The van der Waals surface area contributed by atoms with E-state index in [1.165, 1.54) is 4.90 Å². The molecule has 0 spiro atoms. The van der Waals surface area contributed by atoms with Gasteiger partial charge in [0.25, 0.3) is 0 Å². The lowest BCUT2D eigenvalue weighted by Crippen LogP contribution is -2.42. The standard InChI is InChI=1S/C24H17Cl2NO2/c1-23-20(21(28)27(22(23)29)17-12-13-18(25)19(26)14-17)24(23,15-8-4-2-5-9-15)16-10-6-3-7-11-16/h2-14,20H,1H3/t20-,23-/m0/s1. The topological polar surface area (TPSA) is 37.4 Å². The molecule has 1 saturated heterocycles. The van der Waals surface area contributed by atoms with Gasteiger partial charge in [-0.1, -0.05) is 83.9 Å². The Hall–Kier alpha value is -2.62. The summed E-state index contributed by atoms with van der Waals surface area (Å²) in [6.07, 6.45) is 0. The molecule has 5 heteroatoms. The van der Waals surface area contributed by atoms with E-state index in [0.29, 0.717) is 15.7 Å². The van der Waals surface area contributed by atoms with Crippen LogP contribution >= 0.6 is 23.2 Å². The van der Waals surface area contributed by atoms with Crippen LogP contribution in [0.2, 0.25) is 10.0 Å². The number of hydrogen-bond donors (Lipinski definition) is 0.